The van der Waals surface area contributed by atoms with Crippen LogP contribution in [0.2, 0.25) is 13.1 Å². The maximum absolute atomic E-state index is 15.5. The summed E-state index contributed by atoms with van der Waals surface area (Å²) in [6.07, 6.45) is -0.281. The first-order valence-electron chi connectivity index (χ1n) is 15.6. The molecule has 1 aliphatic rings. The molecule has 0 amide bonds. The largest absolute Gasteiger partial charge is 0.454 e. The van der Waals surface area contributed by atoms with Crippen LogP contribution in [0.3, 0.4) is 0 Å². The van der Waals surface area contributed by atoms with Gasteiger partial charge in [-0.15, -0.1) is 0 Å². The third-order valence-electron chi connectivity index (χ3n) is 9.06. The van der Waals surface area contributed by atoms with Crippen molar-refractivity contribution in [3.05, 3.63) is 101 Å². The van der Waals surface area contributed by atoms with Gasteiger partial charge in [0.2, 0.25) is 11.9 Å². The van der Waals surface area contributed by atoms with Crippen molar-refractivity contribution in [1.82, 2.24) is 0 Å². The molecule has 3 heterocycles. The molecule has 0 aliphatic carbocycles. The highest BCUT2D eigenvalue weighted by Crippen LogP contribution is 2.43. The Labute approximate surface area is 255 Å². The number of nitriles is 1. The number of pyridine rings is 1. The second-order valence-electron chi connectivity index (χ2n) is 13.2. The highest BCUT2D eigenvalue weighted by molar-refractivity contribution is 7.03. The van der Waals surface area contributed by atoms with E-state index in [-0.39, 0.29) is 17.8 Å². The Hall–Kier alpha value is -4.53. The molecule has 212 valence electrons. The number of halogens is 1. The zero-order chi connectivity index (χ0) is 32.2. The second-order valence-corrected chi connectivity index (χ2v) is 17.6. The van der Waals surface area contributed by atoms with Crippen molar-refractivity contribution in [2.24, 2.45) is 7.05 Å². The third-order valence-corrected chi connectivity index (χ3v) is 12.6. The van der Waals surface area contributed by atoms with Crippen molar-refractivity contribution in [1.29, 1.82) is 5.26 Å². The lowest BCUT2D eigenvalue weighted by Crippen LogP contribution is -2.49. The average Bonchev–Trinajstić information content (AvgIpc) is 3.48. The molecule has 1 aliphatic heterocycles. The number of fused-ring (bicyclic) bond motifs is 6. The number of benzene rings is 4. The van der Waals surface area contributed by atoms with Crippen LogP contribution in [0.4, 0.5) is 4.39 Å². The molecule has 0 atom stereocenters. The molecule has 7 rings (SSSR count). The SMILES string of the molecule is [2H]c1c(C(C)(C)C)c(F)c([2H])[n+](C)c1-c1c(C)ccc2c1oc1c(-c3ccc4c(c3)[Si](C)(C)c3ccccc3-4)c(C#N)ccc12. The predicted octanol–water partition coefficient (Wildman–Crippen LogP) is 8.16. The van der Waals surface area contributed by atoms with Crippen LogP contribution in [0.5, 0.6) is 0 Å². The summed E-state index contributed by atoms with van der Waals surface area (Å²) in [7, 11) is -0.338. The van der Waals surface area contributed by atoms with E-state index in [9.17, 15) is 6.63 Å². The van der Waals surface area contributed by atoms with Gasteiger partial charge in [-0.2, -0.15) is 9.83 Å². The Morgan fingerprint density at radius 1 is 0.907 bits per heavy atom. The second kappa shape index (κ2) is 9.23. The van der Waals surface area contributed by atoms with Gasteiger partial charge in [-0.25, -0.2) is 4.39 Å². The first-order valence-corrected chi connectivity index (χ1v) is 17.6. The molecule has 43 heavy (non-hydrogen) atoms. The number of aryl methyl sites for hydroxylation is 1. The minimum absolute atomic E-state index is 0.0397. The molecule has 0 unspecified atom stereocenters. The summed E-state index contributed by atoms with van der Waals surface area (Å²) in [4.78, 5) is 0. The van der Waals surface area contributed by atoms with Crippen molar-refractivity contribution >= 4 is 40.4 Å². The Bertz CT molecular complexity index is 2310. The van der Waals surface area contributed by atoms with E-state index in [0.717, 1.165) is 27.5 Å². The van der Waals surface area contributed by atoms with Gasteiger partial charge in [0.1, 0.15) is 27.7 Å². The number of nitrogens with zero attached hydrogens (tertiary/aromatic N) is 2. The van der Waals surface area contributed by atoms with Crippen LogP contribution in [0.25, 0.3) is 55.4 Å². The molecule has 6 aromatic rings. The molecule has 0 spiro atoms. The van der Waals surface area contributed by atoms with E-state index < -0.39 is 19.3 Å². The number of rotatable bonds is 2. The number of hydrogen-bond donors (Lipinski definition) is 0. The minimum Gasteiger partial charge on any atom is -0.454 e. The number of furan rings is 1. The fourth-order valence-corrected chi connectivity index (χ4v) is 9.90. The van der Waals surface area contributed by atoms with E-state index in [1.54, 1.807) is 7.05 Å². The fraction of sp³-hybridized carbons (Fsp3) is 0.211. The fourth-order valence-electron chi connectivity index (χ4n) is 6.80. The molecule has 0 fully saturated rings. The number of hydrogen-bond acceptors (Lipinski definition) is 2. The Morgan fingerprint density at radius 2 is 1.58 bits per heavy atom. The van der Waals surface area contributed by atoms with Crippen LogP contribution >= 0.6 is 0 Å². The highest BCUT2D eigenvalue weighted by atomic mass is 28.3. The normalized spacial score (nSPS) is 14.4. The summed E-state index contributed by atoms with van der Waals surface area (Å²) in [6.45, 7) is 12.3. The topological polar surface area (TPSA) is 40.8 Å². The molecule has 5 heteroatoms. The van der Waals surface area contributed by atoms with Crippen LogP contribution in [-0.4, -0.2) is 8.07 Å². The van der Waals surface area contributed by atoms with Gasteiger partial charge in [-0.1, -0.05) is 88.5 Å². The van der Waals surface area contributed by atoms with E-state index in [2.05, 4.69) is 61.6 Å². The minimum atomic E-state index is -1.96. The molecule has 0 N–H and O–H groups in total. The first kappa shape index (κ1) is 25.0. The maximum Gasteiger partial charge on any atom is 0.216 e. The Balaban J connectivity index is 1.54. The van der Waals surface area contributed by atoms with Crippen LogP contribution in [-0.2, 0) is 12.5 Å². The lowest BCUT2D eigenvalue weighted by atomic mass is 9.86. The van der Waals surface area contributed by atoms with E-state index in [4.69, 9.17) is 5.79 Å². The van der Waals surface area contributed by atoms with Crippen LogP contribution < -0.4 is 14.9 Å². The summed E-state index contributed by atoms with van der Waals surface area (Å²) in [5.41, 5.74) is 7.34. The van der Waals surface area contributed by atoms with Crippen LogP contribution in [0.15, 0.2) is 83.4 Å². The highest BCUT2D eigenvalue weighted by Gasteiger charge is 2.37. The standard InChI is InChI=1S/C38H34FN2OSi/c1-22-12-15-27-28-17-14-24(20-40)35(23-13-16-26-25-10-8-9-11-32(25)43(6,7)33(26)18-23)37(28)42-36(27)34(22)31-19-29(38(2,3)4)30(39)21-41(31)5/h8-19,21H,1-7H3/q+1/i19D,21D. The lowest BCUT2D eigenvalue weighted by molar-refractivity contribution is -0.662. The molecule has 0 radical (unpaired) electrons. The molecule has 0 saturated carbocycles. The van der Waals surface area contributed by atoms with Gasteiger partial charge in [-0.05, 0) is 57.1 Å². The quantitative estimate of drug-likeness (QED) is 0.152. The Kier molecular flexibility index (Phi) is 5.37. The smallest absolute Gasteiger partial charge is 0.216 e. The van der Waals surface area contributed by atoms with Gasteiger partial charge >= 0.3 is 0 Å². The zero-order valence-electron chi connectivity index (χ0n) is 27.5. The summed E-state index contributed by atoms with van der Waals surface area (Å²) >= 11 is 0. The Morgan fingerprint density at radius 3 is 2.30 bits per heavy atom. The van der Waals surface area contributed by atoms with Crippen molar-refractivity contribution in [2.75, 3.05) is 0 Å². The van der Waals surface area contributed by atoms with Gasteiger partial charge in [0.05, 0.1) is 18.6 Å². The van der Waals surface area contributed by atoms with Crippen LogP contribution in [0.1, 0.15) is 40.2 Å². The van der Waals surface area contributed by atoms with E-state index in [1.807, 2.05) is 52.0 Å². The summed E-state index contributed by atoms with van der Waals surface area (Å²) in [5.74, 6) is -0.681. The van der Waals surface area contributed by atoms with E-state index >= 15 is 4.39 Å². The molecule has 2 aromatic heterocycles. The van der Waals surface area contributed by atoms with E-state index in [0.29, 0.717) is 28.0 Å². The monoisotopic (exact) mass is 583 g/mol. The zero-order valence-corrected chi connectivity index (χ0v) is 26.5. The molecular weight excluding hydrogens is 548 g/mol. The van der Waals surface area contributed by atoms with Crippen molar-refractivity contribution in [2.45, 2.75) is 46.2 Å². The molecule has 4 aromatic carbocycles. The summed E-state index contributed by atoms with van der Waals surface area (Å²) < 4.78 is 41.5. The van der Waals surface area contributed by atoms with Gasteiger partial charge in [0.25, 0.3) is 0 Å². The van der Waals surface area contributed by atoms with E-state index in [1.165, 1.54) is 26.1 Å². The van der Waals surface area contributed by atoms with Gasteiger partial charge in [0, 0.05) is 27.9 Å². The third kappa shape index (κ3) is 3.93. The molecular formula is C38H34FN2OSi+. The van der Waals surface area contributed by atoms with Crippen molar-refractivity contribution < 1.29 is 16.1 Å². The van der Waals surface area contributed by atoms with Crippen LogP contribution in [0, 0.1) is 24.1 Å². The number of aromatic nitrogens is 1. The van der Waals surface area contributed by atoms with Gasteiger partial charge in [0.15, 0.2) is 5.82 Å². The maximum atomic E-state index is 15.5. The molecule has 0 saturated heterocycles. The van der Waals surface area contributed by atoms with Crippen molar-refractivity contribution in [3.8, 4) is 39.6 Å². The lowest BCUT2D eigenvalue weighted by Gasteiger charge is -2.19. The predicted molar refractivity (Wildman–Crippen MR) is 176 cm³/mol. The van der Waals surface area contributed by atoms with Crippen molar-refractivity contribution in [3.63, 3.8) is 0 Å². The average molecular weight is 584 g/mol. The summed E-state index contributed by atoms with van der Waals surface area (Å²) in [5, 5.41) is 14.8. The first-order chi connectivity index (χ1) is 21.3. The van der Waals surface area contributed by atoms with Gasteiger partial charge in [-0.3, -0.25) is 0 Å². The molecule has 3 nitrogen and oxygen atoms in total. The molecule has 0 bridgehead atoms. The van der Waals surface area contributed by atoms with Gasteiger partial charge < -0.3 is 4.42 Å². The summed E-state index contributed by atoms with van der Waals surface area (Å²) in [6, 6.07) is 25.4.